The molecule has 0 spiro atoms. The summed E-state index contributed by atoms with van der Waals surface area (Å²) in [6.07, 6.45) is 5.36. The number of benzene rings is 2. The largest absolute Gasteiger partial charge is 0.358 e. The number of aromatic nitrogens is 2. The lowest BCUT2D eigenvalue weighted by atomic mass is 9.93. The van der Waals surface area contributed by atoms with Gasteiger partial charge in [-0.3, -0.25) is 19.1 Å². The zero-order chi connectivity index (χ0) is 26.6. The van der Waals surface area contributed by atoms with Gasteiger partial charge in [-0.25, -0.2) is 4.98 Å². The van der Waals surface area contributed by atoms with E-state index in [9.17, 15) is 9.59 Å². The summed E-state index contributed by atoms with van der Waals surface area (Å²) in [5.74, 6) is 0.423. The minimum Gasteiger partial charge on any atom is -0.358 e. The molecule has 38 heavy (non-hydrogen) atoms. The molecular weight excluding hydrogens is 476 g/mol. The Labute approximate surface area is 224 Å². The molecule has 2 heterocycles. The van der Waals surface area contributed by atoms with Crippen molar-refractivity contribution in [2.45, 2.75) is 51.7 Å². The van der Waals surface area contributed by atoms with Gasteiger partial charge in [0.1, 0.15) is 0 Å². The molecule has 3 aromatic rings. The molecular formula is C30H38N6O2. The summed E-state index contributed by atoms with van der Waals surface area (Å²) in [6.45, 7) is 10.3. The number of carbonyl (C=O) groups is 1. The zero-order valence-corrected chi connectivity index (χ0v) is 22.5. The molecule has 1 saturated carbocycles. The molecule has 1 aliphatic heterocycles. The zero-order valence-electron chi connectivity index (χ0n) is 22.5. The Hall–Kier alpha value is -3.49. The molecule has 2 fully saturated rings. The highest BCUT2D eigenvalue weighted by molar-refractivity contribution is 5.95. The molecule has 3 N–H and O–H groups in total. The van der Waals surface area contributed by atoms with Gasteiger partial charge in [0.05, 0.1) is 11.7 Å². The second-order valence-corrected chi connectivity index (χ2v) is 10.8. The number of piperazine rings is 1. The van der Waals surface area contributed by atoms with Crippen LogP contribution < -0.4 is 21.5 Å². The normalized spacial score (nSPS) is 19.5. The van der Waals surface area contributed by atoms with Crippen LogP contribution in [0.3, 0.4) is 0 Å². The minimum absolute atomic E-state index is 0.0916. The van der Waals surface area contributed by atoms with Gasteiger partial charge in [0.15, 0.2) is 5.82 Å². The lowest BCUT2D eigenvalue weighted by molar-refractivity contribution is 0.0951. The number of carbonyl (C=O) groups excluding carboxylic acids is 1. The van der Waals surface area contributed by atoms with Crippen LogP contribution in [0.4, 0.5) is 5.82 Å². The van der Waals surface area contributed by atoms with Gasteiger partial charge in [-0.2, -0.15) is 0 Å². The van der Waals surface area contributed by atoms with Gasteiger partial charge in [0.25, 0.3) is 11.5 Å². The van der Waals surface area contributed by atoms with Gasteiger partial charge in [0.2, 0.25) is 0 Å². The van der Waals surface area contributed by atoms with Crippen molar-refractivity contribution in [3.63, 3.8) is 0 Å². The van der Waals surface area contributed by atoms with Crippen molar-refractivity contribution in [1.82, 2.24) is 25.1 Å². The van der Waals surface area contributed by atoms with Crippen molar-refractivity contribution in [3.8, 4) is 5.69 Å². The third-order valence-electron chi connectivity index (χ3n) is 7.67. The van der Waals surface area contributed by atoms with E-state index < -0.39 is 0 Å². The average molecular weight is 515 g/mol. The number of hydrogen-bond acceptors (Lipinski definition) is 6. The van der Waals surface area contributed by atoms with Crippen LogP contribution in [0.2, 0.25) is 0 Å². The fourth-order valence-electron chi connectivity index (χ4n) is 5.20. The summed E-state index contributed by atoms with van der Waals surface area (Å²) in [5, 5.41) is 9.99. The fraction of sp³-hybridized carbons (Fsp3) is 0.433. The van der Waals surface area contributed by atoms with Crippen LogP contribution in [0.5, 0.6) is 0 Å². The van der Waals surface area contributed by atoms with Gasteiger partial charge in [-0.05, 0) is 55.9 Å². The summed E-state index contributed by atoms with van der Waals surface area (Å²) < 4.78 is 1.59. The van der Waals surface area contributed by atoms with E-state index in [2.05, 4.69) is 51.8 Å². The first-order valence-electron chi connectivity index (χ1n) is 13.7. The van der Waals surface area contributed by atoms with Crippen LogP contribution in [0.1, 0.15) is 54.2 Å². The molecule has 3 atom stereocenters. The summed E-state index contributed by atoms with van der Waals surface area (Å²) in [5.41, 5.74) is 3.03. The molecule has 0 unspecified atom stereocenters. The Kier molecular flexibility index (Phi) is 7.90. The number of nitrogens with one attached hydrogen (secondary N) is 3. The topological polar surface area (TPSA) is 91.3 Å². The maximum absolute atomic E-state index is 13.7. The van der Waals surface area contributed by atoms with Crippen molar-refractivity contribution in [1.29, 1.82) is 0 Å². The van der Waals surface area contributed by atoms with Gasteiger partial charge in [-0.15, -0.1) is 0 Å². The van der Waals surface area contributed by atoms with Crippen molar-refractivity contribution in [2.24, 2.45) is 5.92 Å². The number of nitrogens with zero attached hydrogens (tertiary/aromatic N) is 3. The van der Waals surface area contributed by atoms with Crippen LogP contribution in [-0.4, -0.2) is 58.6 Å². The highest BCUT2D eigenvalue weighted by atomic mass is 16.2. The molecule has 1 saturated heterocycles. The number of aryl methyl sites for hydroxylation is 1. The van der Waals surface area contributed by atoms with E-state index in [1.165, 1.54) is 0 Å². The Morgan fingerprint density at radius 3 is 2.71 bits per heavy atom. The van der Waals surface area contributed by atoms with E-state index in [1.807, 2.05) is 37.3 Å². The monoisotopic (exact) mass is 514 g/mol. The number of hydrogen-bond donors (Lipinski definition) is 3. The third-order valence-corrected chi connectivity index (χ3v) is 7.67. The van der Waals surface area contributed by atoms with Crippen LogP contribution in [0, 0.1) is 12.8 Å². The molecule has 8 heteroatoms. The second-order valence-electron chi connectivity index (χ2n) is 10.8. The molecule has 1 aromatic heterocycles. The lowest BCUT2D eigenvalue weighted by Crippen LogP contribution is -2.51. The maximum atomic E-state index is 13.7. The molecule has 8 nitrogen and oxygen atoms in total. The predicted octanol–water partition coefficient (Wildman–Crippen LogP) is 3.52. The summed E-state index contributed by atoms with van der Waals surface area (Å²) in [7, 11) is 0. The van der Waals surface area contributed by atoms with Gasteiger partial charge in [-0.1, -0.05) is 43.3 Å². The lowest BCUT2D eigenvalue weighted by Gasteiger charge is -2.37. The van der Waals surface area contributed by atoms with Gasteiger partial charge in [0, 0.05) is 56.2 Å². The minimum atomic E-state index is -0.237. The third kappa shape index (κ3) is 5.97. The van der Waals surface area contributed by atoms with E-state index in [4.69, 9.17) is 0 Å². The predicted molar refractivity (Wildman–Crippen MR) is 151 cm³/mol. The Morgan fingerprint density at radius 1 is 1.18 bits per heavy atom. The molecule has 200 valence electrons. The van der Waals surface area contributed by atoms with E-state index in [1.54, 1.807) is 23.0 Å². The summed E-state index contributed by atoms with van der Waals surface area (Å²) in [4.78, 5) is 33.4. The quantitative estimate of drug-likeness (QED) is 0.405. The molecule has 2 aliphatic rings. The van der Waals surface area contributed by atoms with Crippen molar-refractivity contribution in [2.75, 3.05) is 31.5 Å². The van der Waals surface area contributed by atoms with Gasteiger partial charge >= 0.3 is 0 Å². The Bertz CT molecular complexity index is 1320. The average Bonchev–Trinajstić information content (AvgIpc) is 3.74. The molecule has 0 bridgehead atoms. The van der Waals surface area contributed by atoms with Crippen molar-refractivity contribution in [3.05, 3.63) is 88.0 Å². The smallest absolute Gasteiger partial charge is 0.297 e. The summed E-state index contributed by atoms with van der Waals surface area (Å²) in [6, 6.07) is 16.4. The first kappa shape index (κ1) is 26.1. The highest BCUT2D eigenvalue weighted by Gasteiger charge is 2.27. The van der Waals surface area contributed by atoms with Crippen LogP contribution in [0.25, 0.3) is 5.69 Å². The van der Waals surface area contributed by atoms with E-state index in [0.717, 1.165) is 50.1 Å². The Balaban J connectivity index is 1.43. The molecule has 5 rings (SSSR count). The van der Waals surface area contributed by atoms with Crippen LogP contribution in [-0.2, 0) is 0 Å². The summed E-state index contributed by atoms with van der Waals surface area (Å²) >= 11 is 0. The van der Waals surface area contributed by atoms with E-state index >= 15 is 0 Å². The van der Waals surface area contributed by atoms with Gasteiger partial charge < -0.3 is 16.0 Å². The van der Waals surface area contributed by atoms with E-state index in [0.29, 0.717) is 23.1 Å². The second kappa shape index (κ2) is 11.5. The van der Waals surface area contributed by atoms with Crippen LogP contribution >= 0.6 is 0 Å². The number of rotatable bonds is 9. The first-order valence-corrected chi connectivity index (χ1v) is 13.7. The van der Waals surface area contributed by atoms with E-state index in [-0.39, 0.29) is 29.5 Å². The maximum Gasteiger partial charge on any atom is 0.297 e. The first-order chi connectivity index (χ1) is 18.4. The molecule has 1 aliphatic carbocycles. The SMILES string of the molecule is Cc1ccc(C(=O)NC2CC2)cc1-n1ccnc(N[C@@H](c2ccccc2)[C@H](C)CN2CCNC[C@H]2C)c1=O. The van der Waals surface area contributed by atoms with Crippen molar-refractivity contribution < 1.29 is 4.79 Å². The highest BCUT2D eigenvalue weighted by Crippen LogP contribution is 2.27. The van der Waals surface area contributed by atoms with Crippen LogP contribution in [0.15, 0.2) is 65.7 Å². The number of amides is 1. The number of anilines is 1. The molecule has 1 amide bonds. The van der Waals surface area contributed by atoms with Crippen molar-refractivity contribution >= 4 is 11.7 Å². The molecule has 2 aromatic carbocycles. The Morgan fingerprint density at radius 2 is 1.97 bits per heavy atom. The standard InChI is InChI=1S/C30H38N6O2/c1-20-9-10-24(29(37)33-25-11-12-25)17-26(20)36-16-14-32-28(30(36)38)34-27(23-7-5-4-6-8-23)21(2)19-35-15-13-31-18-22(35)3/h4-10,14,16-17,21-22,25,27,31H,11-13,15,18-19H2,1-3H3,(H,32,34)(H,33,37)/t21-,22-,27-/m1/s1. The molecule has 0 radical (unpaired) electrons. The fourth-order valence-corrected chi connectivity index (χ4v) is 5.20.